The Morgan fingerprint density at radius 3 is 0.500 bits per heavy atom. The van der Waals surface area contributed by atoms with Crippen molar-refractivity contribution in [2.45, 2.75) is 0 Å². The van der Waals surface area contributed by atoms with Crippen molar-refractivity contribution in [3.63, 3.8) is 0 Å². The van der Waals surface area contributed by atoms with Gasteiger partial charge in [0.1, 0.15) is 0 Å². The van der Waals surface area contributed by atoms with Gasteiger partial charge in [-0.05, 0) is 0 Å². The molecule has 6 heavy (non-hydrogen) atoms. The first-order valence-corrected chi connectivity index (χ1v) is 0. The van der Waals surface area contributed by atoms with Crippen molar-refractivity contribution in [3.05, 3.63) is 0 Å². The van der Waals surface area contributed by atoms with Crippen LogP contribution in [-0.2, 0) is 37.6 Å². The van der Waals surface area contributed by atoms with Gasteiger partial charge in [-0.2, -0.15) is 0 Å². The molecule has 0 aliphatic carbocycles. The summed E-state index contributed by atoms with van der Waals surface area (Å²) >= 11 is 0. The van der Waals surface area contributed by atoms with Gasteiger partial charge >= 0.3 is 0 Å². The predicted octanol–water partition coefficient (Wildman–Crippen LogP) is -3.30. The first-order valence-electron chi connectivity index (χ1n) is 0. The summed E-state index contributed by atoms with van der Waals surface area (Å²) < 4.78 is 0. The monoisotopic (exact) mass is 314 g/mol. The first-order chi connectivity index (χ1) is 0. The van der Waals surface area contributed by atoms with E-state index in [-0.39, 0.29) is 59.5 Å². The van der Waals surface area contributed by atoms with Crippen LogP contribution in [0.15, 0.2) is 0 Å². The zero-order valence-electron chi connectivity index (χ0n) is 2.72. The molecule has 0 heterocycles. The second kappa shape index (κ2) is 145. The third kappa shape index (κ3) is 77.8. The van der Waals surface area contributed by atoms with Crippen LogP contribution in [0.4, 0.5) is 0 Å². The van der Waals surface area contributed by atoms with E-state index in [1.807, 2.05) is 0 Å². The zero-order chi connectivity index (χ0) is 0. The maximum Gasteiger partial charge on any atom is 0 e. The predicted molar refractivity (Wildman–Crippen MR) is 14.5 cm³/mol. The normalized spacial score (nSPS) is 0. The number of hydrogen-bond donors (Lipinski definition) is 0. The van der Waals surface area contributed by atoms with Crippen LogP contribution < -0.4 is 0 Å². The molecule has 0 bridgehead atoms. The summed E-state index contributed by atoms with van der Waals surface area (Å²) in [5, 5.41) is 0. The molecule has 0 aromatic rings. The van der Waals surface area contributed by atoms with Crippen LogP contribution in [0, 0.1) is 0 Å². The van der Waals surface area contributed by atoms with E-state index < -0.39 is 0 Å². The Morgan fingerprint density at radius 2 is 0.500 bits per heavy atom. The van der Waals surface area contributed by atoms with E-state index in [0.717, 1.165) is 0 Å². The fraction of sp³-hybridized carbons (Fsp3) is 0. The van der Waals surface area contributed by atoms with Crippen molar-refractivity contribution in [2.24, 2.45) is 0 Å². The molecule has 0 aliphatic rings. The fourth-order valence-electron chi connectivity index (χ4n) is 0. The minimum Gasteiger partial charge on any atom is -0.412 e. The molecule has 0 unspecified atom stereocenters. The van der Waals surface area contributed by atoms with Crippen molar-refractivity contribution in [2.75, 3.05) is 0 Å². The van der Waals surface area contributed by atoms with Crippen LogP contribution in [0.1, 0.15) is 0 Å². The van der Waals surface area contributed by atoms with E-state index in [1.54, 1.807) is 0 Å². The van der Waals surface area contributed by atoms with E-state index in [9.17, 15) is 0 Å². The topological polar surface area (TPSA) is 126 Å². The van der Waals surface area contributed by atoms with Gasteiger partial charge in [0, 0.05) is 37.6 Å². The van der Waals surface area contributed by atoms with Gasteiger partial charge in [-0.15, -0.1) is 0 Å². The summed E-state index contributed by atoms with van der Waals surface area (Å²) in [5.74, 6) is 0. The summed E-state index contributed by atoms with van der Waals surface area (Å²) in [6.07, 6.45) is 0. The Balaban J connectivity index is 0. The maximum absolute atomic E-state index is 0. The Hall–Kier alpha value is 1.02. The molecule has 6 heteroatoms. The second-order valence-corrected chi connectivity index (χ2v) is 0. The van der Waals surface area contributed by atoms with Crippen molar-refractivity contribution >= 4 is 0 Å². The van der Waals surface area contributed by atoms with E-state index in [2.05, 4.69) is 0 Å². The summed E-state index contributed by atoms with van der Waals surface area (Å²) in [6.45, 7) is 0. The van der Waals surface area contributed by atoms with Gasteiger partial charge in [0.15, 0.2) is 0 Å². The SMILES string of the molecule is O.O.O.O.[Ni].[W]. The molecule has 0 saturated heterocycles. The summed E-state index contributed by atoms with van der Waals surface area (Å²) in [5.41, 5.74) is 0. The Morgan fingerprint density at radius 1 is 0.500 bits per heavy atom. The first kappa shape index (κ1) is 244. The number of hydrogen-bond acceptors (Lipinski definition) is 0. The van der Waals surface area contributed by atoms with E-state index in [1.165, 1.54) is 0 Å². The van der Waals surface area contributed by atoms with Gasteiger partial charge in [0.05, 0.1) is 0 Å². The molecule has 0 aliphatic heterocycles. The van der Waals surface area contributed by atoms with Crippen molar-refractivity contribution in [1.29, 1.82) is 0 Å². The van der Waals surface area contributed by atoms with Crippen LogP contribution in [-0.4, -0.2) is 21.9 Å². The molecule has 0 aromatic carbocycles. The molecular formula is H8NiO4W. The quantitative estimate of drug-likeness (QED) is 0.415. The molecule has 8 N–H and O–H groups in total. The Labute approximate surface area is 59.7 Å². The molecule has 0 radical (unpaired) electrons. The molecular weight excluding hydrogens is 307 g/mol. The zero-order valence-corrected chi connectivity index (χ0v) is 6.65. The molecule has 0 atom stereocenters. The van der Waals surface area contributed by atoms with E-state index >= 15 is 0 Å². The van der Waals surface area contributed by atoms with Gasteiger partial charge < -0.3 is 21.9 Å². The molecule has 48 valence electrons. The molecule has 0 amide bonds. The maximum atomic E-state index is 0. The van der Waals surface area contributed by atoms with Gasteiger partial charge in [-0.3, -0.25) is 0 Å². The van der Waals surface area contributed by atoms with Gasteiger partial charge in [0.25, 0.3) is 0 Å². The van der Waals surface area contributed by atoms with Crippen LogP contribution in [0.25, 0.3) is 0 Å². The molecule has 0 saturated carbocycles. The summed E-state index contributed by atoms with van der Waals surface area (Å²) in [7, 11) is 0. The third-order valence-electron chi connectivity index (χ3n) is 0. The van der Waals surface area contributed by atoms with Crippen molar-refractivity contribution < 1.29 is 59.5 Å². The fourth-order valence-corrected chi connectivity index (χ4v) is 0. The van der Waals surface area contributed by atoms with Crippen LogP contribution >= 0.6 is 0 Å². The average molecular weight is 315 g/mol. The third-order valence-corrected chi connectivity index (χ3v) is 0. The summed E-state index contributed by atoms with van der Waals surface area (Å²) in [6, 6.07) is 0. The van der Waals surface area contributed by atoms with Gasteiger partial charge in [0.2, 0.25) is 0 Å². The molecule has 4 nitrogen and oxygen atoms in total. The average Bonchev–Trinajstić information content (AvgIpc) is 0. The molecule has 0 aromatic heterocycles. The molecule has 0 spiro atoms. The van der Waals surface area contributed by atoms with Crippen molar-refractivity contribution in [3.8, 4) is 0 Å². The molecule has 0 rings (SSSR count). The van der Waals surface area contributed by atoms with Crippen LogP contribution in [0.2, 0.25) is 0 Å². The standard InChI is InChI=1S/Ni.4H2O.W/h;4*1H2;. The summed E-state index contributed by atoms with van der Waals surface area (Å²) in [4.78, 5) is 0. The van der Waals surface area contributed by atoms with Crippen LogP contribution in [0.5, 0.6) is 0 Å². The largest absolute Gasteiger partial charge is 0.412 e. The smallest absolute Gasteiger partial charge is 0 e. The van der Waals surface area contributed by atoms with Gasteiger partial charge in [-0.1, -0.05) is 0 Å². The van der Waals surface area contributed by atoms with E-state index in [0.29, 0.717) is 0 Å². The minimum absolute atomic E-state index is 0. The number of rotatable bonds is 0. The Kier molecular flexibility index (Phi) is 5910. The minimum atomic E-state index is 0. The second-order valence-electron chi connectivity index (χ2n) is 0. The van der Waals surface area contributed by atoms with Crippen molar-refractivity contribution in [1.82, 2.24) is 0 Å². The van der Waals surface area contributed by atoms with Crippen LogP contribution in [0.3, 0.4) is 0 Å². The van der Waals surface area contributed by atoms with E-state index in [4.69, 9.17) is 0 Å². The Bertz CT molecular complexity index is 7.51. The van der Waals surface area contributed by atoms with Gasteiger partial charge in [-0.25, -0.2) is 0 Å². The molecule has 0 fully saturated rings.